The van der Waals surface area contributed by atoms with Crippen LogP contribution >= 0.6 is 0 Å². The van der Waals surface area contributed by atoms with E-state index in [0.29, 0.717) is 5.92 Å². The highest BCUT2D eigenvalue weighted by Gasteiger charge is 2.19. The molecule has 0 fully saturated rings. The molecule has 3 nitrogen and oxygen atoms in total. The van der Waals surface area contributed by atoms with Gasteiger partial charge >= 0.3 is 0 Å². The summed E-state index contributed by atoms with van der Waals surface area (Å²) in [5, 5.41) is 11.9. The lowest BCUT2D eigenvalue weighted by molar-refractivity contribution is 0.0211. The van der Waals surface area contributed by atoms with Crippen LogP contribution in [0, 0.1) is 0 Å². The molecule has 3 heteroatoms. The molecule has 1 atom stereocenters. The monoisotopic (exact) mass is 179 g/mol. The largest absolute Gasteiger partial charge is 0.445 e. The molecule has 0 saturated carbocycles. The SMILES string of the molecule is CC(C)c1ccc2c(c1)OC(O)N2. The normalized spacial score (nSPS) is 19.5. The molecular formula is C10H13NO2. The summed E-state index contributed by atoms with van der Waals surface area (Å²) in [4.78, 5) is 0. The third kappa shape index (κ3) is 1.47. The number of aliphatic hydroxyl groups excluding tert-OH is 1. The minimum Gasteiger partial charge on any atom is -0.445 e. The predicted octanol–water partition coefficient (Wildman–Crippen LogP) is 1.89. The van der Waals surface area contributed by atoms with E-state index in [1.165, 1.54) is 5.56 Å². The number of aliphatic hydroxyl groups is 1. The van der Waals surface area contributed by atoms with Crippen LogP contribution in [0.2, 0.25) is 0 Å². The molecule has 2 N–H and O–H groups in total. The Morgan fingerprint density at radius 3 is 2.92 bits per heavy atom. The first-order valence-corrected chi connectivity index (χ1v) is 4.42. The predicted molar refractivity (Wildman–Crippen MR) is 50.8 cm³/mol. The topological polar surface area (TPSA) is 41.5 Å². The molecule has 2 rings (SSSR count). The molecule has 0 amide bonds. The first-order chi connectivity index (χ1) is 6.16. The van der Waals surface area contributed by atoms with Crippen LogP contribution in [0.15, 0.2) is 18.2 Å². The van der Waals surface area contributed by atoms with Gasteiger partial charge in [-0.1, -0.05) is 19.9 Å². The molecule has 0 radical (unpaired) electrons. The van der Waals surface area contributed by atoms with Gasteiger partial charge in [0.1, 0.15) is 5.75 Å². The van der Waals surface area contributed by atoms with Gasteiger partial charge in [-0.2, -0.15) is 0 Å². The molecule has 1 aromatic rings. The summed E-state index contributed by atoms with van der Waals surface area (Å²) in [5.41, 5.74) is 2.08. The molecule has 70 valence electrons. The van der Waals surface area contributed by atoms with E-state index in [1.807, 2.05) is 18.2 Å². The Balaban J connectivity index is 2.35. The molecule has 1 aliphatic heterocycles. The molecule has 1 aliphatic rings. The van der Waals surface area contributed by atoms with Crippen LogP contribution in [0.3, 0.4) is 0 Å². The van der Waals surface area contributed by atoms with Gasteiger partial charge in [-0.3, -0.25) is 0 Å². The molecule has 0 saturated heterocycles. The number of ether oxygens (including phenoxy) is 1. The summed E-state index contributed by atoms with van der Waals surface area (Å²) in [6.07, 6.45) is -0.891. The van der Waals surface area contributed by atoms with E-state index in [-0.39, 0.29) is 0 Å². The zero-order chi connectivity index (χ0) is 9.42. The Hall–Kier alpha value is -1.22. The Bertz CT molecular complexity index is 323. The van der Waals surface area contributed by atoms with E-state index in [0.717, 1.165) is 11.4 Å². The number of anilines is 1. The van der Waals surface area contributed by atoms with Gasteiger partial charge in [-0.05, 0) is 23.6 Å². The smallest absolute Gasteiger partial charge is 0.279 e. The molecular weight excluding hydrogens is 166 g/mol. The number of hydrogen-bond donors (Lipinski definition) is 2. The van der Waals surface area contributed by atoms with Crippen LogP contribution in [0.1, 0.15) is 25.3 Å². The molecule has 0 bridgehead atoms. The highest BCUT2D eigenvalue weighted by atomic mass is 16.6. The maximum absolute atomic E-state index is 9.15. The van der Waals surface area contributed by atoms with Gasteiger partial charge in [-0.15, -0.1) is 0 Å². The average Bonchev–Trinajstić information content (AvgIpc) is 2.42. The zero-order valence-electron chi connectivity index (χ0n) is 7.74. The quantitative estimate of drug-likeness (QED) is 0.691. The number of fused-ring (bicyclic) bond motifs is 1. The highest BCUT2D eigenvalue weighted by molar-refractivity contribution is 5.60. The second-order valence-electron chi connectivity index (χ2n) is 3.52. The van der Waals surface area contributed by atoms with Gasteiger partial charge in [-0.25, -0.2) is 0 Å². The highest BCUT2D eigenvalue weighted by Crippen LogP contribution is 2.33. The summed E-state index contributed by atoms with van der Waals surface area (Å²) >= 11 is 0. The third-order valence-electron chi connectivity index (χ3n) is 2.19. The lowest BCUT2D eigenvalue weighted by Crippen LogP contribution is -2.17. The van der Waals surface area contributed by atoms with Crippen molar-refractivity contribution in [3.63, 3.8) is 0 Å². The Morgan fingerprint density at radius 2 is 2.23 bits per heavy atom. The van der Waals surface area contributed by atoms with Crippen LogP contribution in [0.4, 0.5) is 5.69 Å². The van der Waals surface area contributed by atoms with Crippen molar-refractivity contribution in [2.45, 2.75) is 26.2 Å². The van der Waals surface area contributed by atoms with Crippen molar-refractivity contribution in [2.24, 2.45) is 0 Å². The molecule has 1 heterocycles. The maximum atomic E-state index is 9.15. The standard InChI is InChI=1S/C10H13NO2/c1-6(2)7-3-4-8-9(5-7)13-10(12)11-8/h3-6,10-12H,1-2H3. The van der Waals surface area contributed by atoms with Crippen molar-refractivity contribution in [3.8, 4) is 5.75 Å². The van der Waals surface area contributed by atoms with Gasteiger partial charge in [0.05, 0.1) is 5.69 Å². The third-order valence-corrected chi connectivity index (χ3v) is 2.19. The maximum Gasteiger partial charge on any atom is 0.279 e. The lowest BCUT2D eigenvalue weighted by atomic mass is 10.0. The van der Waals surface area contributed by atoms with E-state index >= 15 is 0 Å². The number of benzene rings is 1. The number of nitrogens with one attached hydrogen (secondary N) is 1. The summed E-state index contributed by atoms with van der Waals surface area (Å²) in [7, 11) is 0. The number of hydrogen-bond acceptors (Lipinski definition) is 3. The molecule has 1 aromatic carbocycles. The first-order valence-electron chi connectivity index (χ1n) is 4.42. The van der Waals surface area contributed by atoms with E-state index in [9.17, 15) is 0 Å². The molecule has 0 aliphatic carbocycles. The summed E-state index contributed by atoms with van der Waals surface area (Å²) in [6, 6.07) is 5.93. The van der Waals surface area contributed by atoms with Crippen molar-refractivity contribution < 1.29 is 9.84 Å². The fourth-order valence-electron chi connectivity index (χ4n) is 1.40. The summed E-state index contributed by atoms with van der Waals surface area (Å²) in [5.74, 6) is 1.21. The molecule has 13 heavy (non-hydrogen) atoms. The van der Waals surface area contributed by atoms with Crippen molar-refractivity contribution in [1.29, 1.82) is 0 Å². The molecule has 0 aromatic heterocycles. The molecule has 0 spiro atoms. The average molecular weight is 179 g/mol. The van der Waals surface area contributed by atoms with Gasteiger partial charge < -0.3 is 15.2 Å². The summed E-state index contributed by atoms with van der Waals surface area (Å²) in [6.45, 7) is 4.25. The van der Waals surface area contributed by atoms with Crippen molar-refractivity contribution in [1.82, 2.24) is 0 Å². The van der Waals surface area contributed by atoms with Crippen LogP contribution in [0.5, 0.6) is 5.75 Å². The minimum absolute atomic E-state index is 0.478. The van der Waals surface area contributed by atoms with Gasteiger partial charge in [0.15, 0.2) is 0 Å². The molecule has 1 unspecified atom stereocenters. The van der Waals surface area contributed by atoms with Crippen molar-refractivity contribution in [3.05, 3.63) is 23.8 Å². The first kappa shape index (κ1) is 8.38. The van der Waals surface area contributed by atoms with E-state index in [1.54, 1.807) is 0 Å². The van der Waals surface area contributed by atoms with Crippen LogP contribution < -0.4 is 10.1 Å². The van der Waals surface area contributed by atoms with E-state index in [2.05, 4.69) is 19.2 Å². The second-order valence-corrected chi connectivity index (χ2v) is 3.52. The second kappa shape index (κ2) is 2.92. The van der Waals surface area contributed by atoms with E-state index in [4.69, 9.17) is 9.84 Å². The van der Waals surface area contributed by atoms with Gasteiger partial charge in [0.2, 0.25) is 0 Å². The van der Waals surface area contributed by atoms with Gasteiger partial charge in [0.25, 0.3) is 6.41 Å². The van der Waals surface area contributed by atoms with Crippen molar-refractivity contribution in [2.75, 3.05) is 5.32 Å². The van der Waals surface area contributed by atoms with Gasteiger partial charge in [0, 0.05) is 0 Å². The van der Waals surface area contributed by atoms with Crippen LogP contribution in [0.25, 0.3) is 0 Å². The van der Waals surface area contributed by atoms with Crippen LogP contribution in [-0.4, -0.2) is 11.5 Å². The Kier molecular flexibility index (Phi) is 1.88. The van der Waals surface area contributed by atoms with E-state index < -0.39 is 6.41 Å². The van der Waals surface area contributed by atoms with Crippen LogP contribution in [-0.2, 0) is 0 Å². The summed E-state index contributed by atoms with van der Waals surface area (Å²) < 4.78 is 5.14. The Morgan fingerprint density at radius 1 is 1.46 bits per heavy atom. The lowest BCUT2D eigenvalue weighted by Gasteiger charge is -2.06. The fraction of sp³-hybridized carbons (Fsp3) is 0.400. The zero-order valence-corrected chi connectivity index (χ0v) is 7.74. The Labute approximate surface area is 77.3 Å². The van der Waals surface area contributed by atoms with Crippen molar-refractivity contribution >= 4 is 5.69 Å². The number of rotatable bonds is 1. The fourth-order valence-corrected chi connectivity index (χ4v) is 1.40. The minimum atomic E-state index is -0.891.